The summed E-state index contributed by atoms with van der Waals surface area (Å²) in [5.41, 5.74) is 5.39. The molecule has 0 unspecified atom stereocenters. The number of esters is 1. The monoisotopic (exact) mass is 449 g/mol. The van der Waals surface area contributed by atoms with Gasteiger partial charge >= 0.3 is 5.97 Å². The molecule has 0 bridgehead atoms. The van der Waals surface area contributed by atoms with Crippen molar-refractivity contribution in [3.8, 4) is 0 Å². The Morgan fingerprint density at radius 3 is 2.75 bits per heavy atom. The third-order valence-corrected chi connectivity index (χ3v) is 5.74. The number of anilines is 1. The molecule has 1 aliphatic heterocycles. The lowest BCUT2D eigenvalue weighted by Crippen LogP contribution is -2.41. The number of hydrogen-bond donors (Lipinski definition) is 4. The highest BCUT2D eigenvalue weighted by Gasteiger charge is 2.54. The summed E-state index contributed by atoms with van der Waals surface area (Å²) in [4.78, 5) is 28.2. The van der Waals surface area contributed by atoms with Crippen molar-refractivity contribution in [1.82, 2.24) is 14.6 Å². The molecule has 2 aromatic rings. The Labute approximate surface area is 185 Å². The molecule has 2 aromatic heterocycles. The third-order valence-electron chi connectivity index (χ3n) is 5.74. The van der Waals surface area contributed by atoms with Gasteiger partial charge in [0.05, 0.1) is 5.69 Å². The standard InChI is InChI=1S/C21H31N5O6/c1-5-6-15(27)25-19-12-7-8-14(26(12)24-10-23-19)21(4)18(29)17(28)13(32-21)9-31-20(30)16(22)11(2)3/h7-8,10-11,13,16-18,28-29H,5-6,9,22H2,1-4H3,(H,23,24,25,27)/t13-,16+,17-,18-,21+/m1/s1. The van der Waals surface area contributed by atoms with Crippen LogP contribution in [0.15, 0.2) is 18.5 Å². The van der Waals surface area contributed by atoms with Crippen LogP contribution in [0.2, 0.25) is 0 Å². The molecule has 11 nitrogen and oxygen atoms in total. The van der Waals surface area contributed by atoms with Crippen LogP contribution < -0.4 is 11.1 Å². The van der Waals surface area contributed by atoms with Gasteiger partial charge in [-0.05, 0) is 31.4 Å². The van der Waals surface area contributed by atoms with Crippen molar-refractivity contribution in [1.29, 1.82) is 0 Å². The minimum absolute atomic E-state index is 0.105. The maximum atomic E-state index is 12.1. The van der Waals surface area contributed by atoms with E-state index in [0.717, 1.165) is 0 Å². The Balaban J connectivity index is 1.82. The van der Waals surface area contributed by atoms with E-state index in [1.165, 1.54) is 10.8 Å². The van der Waals surface area contributed by atoms with Crippen LogP contribution in [-0.2, 0) is 24.7 Å². The summed E-state index contributed by atoms with van der Waals surface area (Å²) in [6, 6.07) is 2.58. The van der Waals surface area contributed by atoms with E-state index in [1.54, 1.807) is 32.9 Å². The lowest BCUT2D eigenvalue weighted by molar-refractivity contribution is -0.154. The van der Waals surface area contributed by atoms with Gasteiger partial charge in [0.15, 0.2) is 5.82 Å². The summed E-state index contributed by atoms with van der Waals surface area (Å²) in [6.07, 6.45) is -1.25. The molecule has 3 heterocycles. The highest BCUT2D eigenvalue weighted by molar-refractivity contribution is 5.93. The smallest absolute Gasteiger partial charge is 0.323 e. The average molecular weight is 450 g/mol. The fourth-order valence-electron chi connectivity index (χ4n) is 3.69. The molecule has 0 spiro atoms. The lowest BCUT2D eigenvalue weighted by atomic mass is 9.93. The van der Waals surface area contributed by atoms with Crippen molar-refractivity contribution < 1.29 is 29.3 Å². The first-order valence-corrected chi connectivity index (χ1v) is 10.7. The first-order valence-electron chi connectivity index (χ1n) is 10.7. The van der Waals surface area contributed by atoms with Crippen LogP contribution in [0.5, 0.6) is 0 Å². The zero-order valence-corrected chi connectivity index (χ0v) is 18.7. The number of carbonyl (C=O) groups is 2. The van der Waals surface area contributed by atoms with Gasteiger partial charge in [0.2, 0.25) is 5.91 Å². The molecular formula is C21H31N5O6. The van der Waals surface area contributed by atoms with Gasteiger partial charge in [0, 0.05) is 6.42 Å². The van der Waals surface area contributed by atoms with E-state index in [4.69, 9.17) is 15.2 Å². The Bertz CT molecular complexity index is 979. The number of hydrogen-bond acceptors (Lipinski definition) is 9. The fourth-order valence-corrected chi connectivity index (χ4v) is 3.69. The summed E-state index contributed by atoms with van der Waals surface area (Å²) in [5.74, 6) is -0.551. The molecule has 0 saturated carbocycles. The van der Waals surface area contributed by atoms with Crippen LogP contribution in [0.1, 0.15) is 46.2 Å². The van der Waals surface area contributed by atoms with E-state index in [9.17, 15) is 19.8 Å². The number of fused-ring (bicyclic) bond motifs is 1. The second-order valence-electron chi connectivity index (χ2n) is 8.52. The van der Waals surface area contributed by atoms with E-state index < -0.39 is 35.9 Å². The van der Waals surface area contributed by atoms with Crippen molar-refractivity contribution in [2.24, 2.45) is 11.7 Å². The number of rotatable bonds is 8. The van der Waals surface area contributed by atoms with Crippen molar-refractivity contribution in [3.63, 3.8) is 0 Å². The minimum Gasteiger partial charge on any atom is -0.462 e. The quantitative estimate of drug-likeness (QED) is 0.416. The molecule has 0 aliphatic carbocycles. The molecule has 1 fully saturated rings. The molecule has 0 radical (unpaired) electrons. The second-order valence-corrected chi connectivity index (χ2v) is 8.52. The van der Waals surface area contributed by atoms with Gasteiger partial charge in [-0.1, -0.05) is 20.8 Å². The number of aliphatic hydroxyl groups is 2. The lowest BCUT2D eigenvalue weighted by Gasteiger charge is -2.27. The number of aromatic nitrogens is 3. The van der Waals surface area contributed by atoms with Crippen molar-refractivity contribution >= 4 is 23.2 Å². The summed E-state index contributed by atoms with van der Waals surface area (Å²) in [5, 5.41) is 28.3. The van der Waals surface area contributed by atoms with E-state index in [-0.39, 0.29) is 18.4 Å². The average Bonchev–Trinajstić information content (AvgIpc) is 3.28. The molecule has 1 saturated heterocycles. The molecule has 32 heavy (non-hydrogen) atoms. The van der Waals surface area contributed by atoms with Crippen LogP contribution in [0, 0.1) is 5.92 Å². The maximum Gasteiger partial charge on any atom is 0.323 e. The molecule has 0 aromatic carbocycles. The van der Waals surface area contributed by atoms with Crippen molar-refractivity contribution in [2.45, 2.75) is 70.5 Å². The van der Waals surface area contributed by atoms with E-state index in [0.29, 0.717) is 29.9 Å². The van der Waals surface area contributed by atoms with Gasteiger partial charge in [0.25, 0.3) is 0 Å². The predicted molar refractivity (Wildman–Crippen MR) is 115 cm³/mol. The van der Waals surface area contributed by atoms with Crippen molar-refractivity contribution in [2.75, 3.05) is 11.9 Å². The number of nitrogens with one attached hydrogen (secondary N) is 1. The van der Waals surface area contributed by atoms with Gasteiger partial charge in [-0.2, -0.15) is 5.10 Å². The van der Waals surface area contributed by atoms with Gasteiger partial charge in [-0.25, -0.2) is 9.50 Å². The van der Waals surface area contributed by atoms with Crippen LogP contribution in [-0.4, -0.2) is 67.6 Å². The van der Waals surface area contributed by atoms with Crippen LogP contribution in [0.25, 0.3) is 5.52 Å². The maximum absolute atomic E-state index is 12.1. The molecule has 5 N–H and O–H groups in total. The Morgan fingerprint density at radius 2 is 2.09 bits per heavy atom. The van der Waals surface area contributed by atoms with E-state index >= 15 is 0 Å². The van der Waals surface area contributed by atoms with Crippen molar-refractivity contribution in [3.05, 3.63) is 24.2 Å². The van der Waals surface area contributed by atoms with Gasteiger partial charge in [-0.15, -0.1) is 0 Å². The Kier molecular flexibility index (Phi) is 7.13. The molecule has 3 rings (SSSR count). The molecule has 1 aliphatic rings. The fraction of sp³-hybridized carbons (Fsp3) is 0.619. The summed E-state index contributed by atoms with van der Waals surface area (Å²) in [6.45, 7) is 6.85. The molecule has 176 valence electrons. The largest absolute Gasteiger partial charge is 0.462 e. The van der Waals surface area contributed by atoms with Gasteiger partial charge in [0.1, 0.15) is 48.4 Å². The zero-order chi connectivity index (χ0) is 23.6. The summed E-state index contributed by atoms with van der Waals surface area (Å²) >= 11 is 0. The van der Waals surface area contributed by atoms with Gasteiger partial charge in [-0.3, -0.25) is 9.59 Å². The van der Waals surface area contributed by atoms with E-state index in [2.05, 4.69) is 15.4 Å². The number of amides is 1. The normalized spacial score (nSPS) is 26.4. The summed E-state index contributed by atoms with van der Waals surface area (Å²) in [7, 11) is 0. The Hall–Kier alpha value is -2.60. The molecule has 5 atom stereocenters. The number of ether oxygens (including phenoxy) is 2. The topological polar surface area (TPSA) is 161 Å². The number of nitrogens with two attached hydrogens (primary N) is 1. The molecular weight excluding hydrogens is 418 g/mol. The molecule has 11 heteroatoms. The zero-order valence-electron chi connectivity index (χ0n) is 18.7. The number of carbonyl (C=O) groups excluding carboxylic acids is 2. The van der Waals surface area contributed by atoms with E-state index in [1.807, 2.05) is 6.92 Å². The third kappa shape index (κ3) is 4.46. The first-order chi connectivity index (χ1) is 15.1. The predicted octanol–water partition coefficient (Wildman–Crippen LogP) is 0.330. The highest BCUT2D eigenvalue weighted by Crippen LogP contribution is 2.40. The van der Waals surface area contributed by atoms with Crippen LogP contribution in [0.3, 0.4) is 0 Å². The first kappa shape index (κ1) is 24.1. The van der Waals surface area contributed by atoms with Crippen LogP contribution in [0.4, 0.5) is 5.82 Å². The Morgan fingerprint density at radius 1 is 1.38 bits per heavy atom. The van der Waals surface area contributed by atoms with Gasteiger partial charge < -0.3 is 30.7 Å². The second kappa shape index (κ2) is 9.49. The minimum atomic E-state index is -1.36. The highest BCUT2D eigenvalue weighted by atomic mass is 16.6. The number of aliphatic hydroxyl groups excluding tert-OH is 2. The molecule has 1 amide bonds. The number of nitrogens with zero attached hydrogens (tertiary/aromatic N) is 3. The summed E-state index contributed by atoms with van der Waals surface area (Å²) < 4.78 is 12.7. The van der Waals surface area contributed by atoms with Crippen LogP contribution >= 0.6 is 0 Å². The SMILES string of the molecule is CCCC(=O)Nc1ncnn2c([C@]3(C)O[C@H](COC(=O)[C@@H](N)C(C)C)[C@@H](O)[C@H]3O)ccc12.